The number of anilines is 1. The van der Waals surface area contributed by atoms with Crippen molar-refractivity contribution in [2.75, 3.05) is 5.73 Å². The van der Waals surface area contributed by atoms with Gasteiger partial charge in [0.05, 0.1) is 5.56 Å². The molecule has 0 bridgehead atoms. The molecule has 0 saturated heterocycles. The lowest BCUT2D eigenvalue weighted by Crippen LogP contribution is -2.06. The van der Waals surface area contributed by atoms with Crippen molar-refractivity contribution in [3.8, 4) is 0 Å². The van der Waals surface area contributed by atoms with E-state index >= 15 is 0 Å². The highest BCUT2D eigenvalue weighted by Crippen LogP contribution is 2.31. The lowest BCUT2D eigenvalue weighted by atomic mass is 10.2. The number of halogens is 4. The number of rotatable bonds is 0. The zero-order valence-corrected chi connectivity index (χ0v) is 9.30. The molecule has 0 amide bonds. The lowest BCUT2D eigenvalue weighted by molar-refractivity contribution is -0.137. The van der Waals surface area contributed by atoms with Crippen LogP contribution in [0.5, 0.6) is 0 Å². The van der Waals surface area contributed by atoms with Crippen molar-refractivity contribution in [3.63, 3.8) is 0 Å². The zero-order valence-electron chi connectivity index (χ0n) is 7.73. The minimum atomic E-state index is -5.17. The van der Waals surface area contributed by atoms with E-state index in [1.54, 1.807) is 0 Å². The van der Waals surface area contributed by atoms with Crippen molar-refractivity contribution in [2.45, 2.75) is 6.18 Å². The first kappa shape index (κ1) is 15.9. The Labute approximate surface area is 98.8 Å². The van der Waals surface area contributed by atoms with Crippen LogP contribution in [-0.4, -0.2) is 22.5 Å². The van der Waals surface area contributed by atoms with E-state index in [2.05, 4.69) is 4.98 Å². The quantitative estimate of drug-likeness (QED) is 0.433. The second-order valence-corrected chi connectivity index (χ2v) is 3.71. The largest absolute Gasteiger partial charge is 0.759 e. The van der Waals surface area contributed by atoms with Gasteiger partial charge in [-0.2, -0.15) is 13.2 Å². The monoisotopic (exact) mass is 292 g/mol. The van der Waals surface area contributed by atoms with Crippen LogP contribution in [0, 0.1) is 0 Å². The van der Waals surface area contributed by atoms with Crippen molar-refractivity contribution >= 4 is 27.8 Å². The van der Waals surface area contributed by atoms with Gasteiger partial charge in [0.15, 0.2) is 0 Å². The van der Waals surface area contributed by atoms with Crippen molar-refractivity contribution < 1.29 is 30.7 Å². The second kappa shape index (κ2) is 5.49. The molecule has 17 heavy (non-hydrogen) atoms. The summed E-state index contributed by atoms with van der Waals surface area (Å²) in [5, 5.41) is -0.262. The lowest BCUT2D eigenvalue weighted by Gasteiger charge is -2.06. The maximum Gasteiger partial charge on any atom is 0.416 e. The summed E-state index contributed by atoms with van der Waals surface area (Å²) in [5.41, 5.74) is 4.17. The van der Waals surface area contributed by atoms with Gasteiger partial charge in [-0.05, 0) is 12.1 Å². The number of alkyl halides is 3. The molecule has 0 aliphatic rings. The molecule has 0 saturated carbocycles. The second-order valence-electron chi connectivity index (χ2n) is 2.51. The summed E-state index contributed by atoms with van der Waals surface area (Å²) in [5.74, 6) is -0.241. The number of hydrogen-bond acceptors (Lipinski definition) is 6. The number of nitrogen functional groups attached to an aromatic ring is 1. The minimum absolute atomic E-state index is 0.241. The molecule has 6 nitrogen and oxygen atoms in total. The van der Waals surface area contributed by atoms with Gasteiger partial charge < -0.3 is 14.8 Å². The van der Waals surface area contributed by atoms with Crippen LogP contribution in [0.4, 0.5) is 19.0 Å². The van der Waals surface area contributed by atoms with E-state index in [0.717, 1.165) is 12.1 Å². The smallest absolute Gasteiger partial charge is 0.416 e. The molecule has 1 aromatic heterocycles. The topological polar surface area (TPSA) is 119 Å². The molecule has 0 atom stereocenters. The molecular weight excluding hydrogens is 289 g/mol. The average Bonchev–Trinajstić information content (AvgIpc) is 1.96. The third-order valence-electron chi connectivity index (χ3n) is 1.14. The molecule has 0 aliphatic heterocycles. The van der Waals surface area contributed by atoms with Crippen LogP contribution in [0.2, 0.25) is 5.15 Å². The van der Waals surface area contributed by atoms with Crippen LogP contribution in [0.3, 0.4) is 0 Å². The molecule has 0 fully saturated rings. The summed E-state index contributed by atoms with van der Waals surface area (Å²) < 4.78 is 70.1. The Hall–Kier alpha value is -1.10. The van der Waals surface area contributed by atoms with Gasteiger partial charge >= 0.3 is 6.18 Å². The van der Waals surface area contributed by atoms with Crippen LogP contribution >= 0.6 is 11.6 Å². The van der Waals surface area contributed by atoms with Gasteiger partial charge in [-0.1, -0.05) is 11.6 Å². The molecule has 0 aliphatic carbocycles. The highest BCUT2D eigenvalue weighted by Gasteiger charge is 2.31. The molecule has 0 radical (unpaired) electrons. The minimum Gasteiger partial charge on any atom is -0.759 e. The van der Waals surface area contributed by atoms with E-state index in [1.807, 2.05) is 0 Å². The molecule has 0 spiro atoms. The summed E-state index contributed by atoms with van der Waals surface area (Å²) in [7, 11) is -5.17. The molecular formula is C6H4ClF3N2O4S-2. The summed E-state index contributed by atoms with van der Waals surface area (Å²) in [6.07, 6.45) is -4.43. The number of pyridine rings is 1. The van der Waals surface area contributed by atoms with Gasteiger partial charge in [0.25, 0.3) is 0 Å². The molecule has 1 aromatic rings. The van der Waals surface area contributed by atoms with Crippen molar-refractivity contribution in [2.24, 2.45) is 0 Å². The molecule has 98 valence electrons. The Morgan fingerprint density at radius 1 is 1.29 bits per heavy atom. The Kier molecular flexibility index (Phi) is 5.13. The average molecular weight is 293 g/mol. The standard InChI is InChI=1S/C6H4ClF3N2.H2O4S/c7-4-1-3(6(8,9)10)2-5(11)12-4;1-5(2,3)4/h1-2H,(H2,11,12);(H2,1,2,3,4)/p-2. The van der Waals surface area contributed by atoms with Crippen LogP contribution in [0.15, 0.2) is 12.1 Å². The van der Waals surface area contributed by atoms with Crippen molar-refractivity contribution in [1.29, 1.82) is 0 Å². The molecule has 1 rings (SSSR count). The van der Waals surface area contributed by atoms with Gasteiger partial charge in [0.2, 0.25) is 0 Å². The van der Waals surface area contributed by atoms with Gasteiger partial charge in [-0.25, -0.2) is 4.98 Å². The predicted molar refractivity (Wildman–Crippen MR) is 49.1 cm³/mol. The van der Waals surface area contributed by atoms with Crippen molar-refractivity contribution in [3.05, 3.63) is 22.8 Å². The van der Waals surface area contributed by atoms with Gasteiger partial charge in [0.1, 0.15) is 11.0 Å². The normalized spacial score (nSPS) is 11.6. The Bertz CT molecular complexity index is 462. The number of nitrogens with zero attached hydrogens (tertiary/aromatic N) is 1. The van der Waals surface area contributed by atoms with Gasteiger partial charge in [-0.3, -0.25) is 8.42 Å². The molecule has 0 aromatic carbocycles. The Morgan fingerprint density at radius 2 is 1.71 bits per heavy atom. The Balaban J connectivity index is 0.000000437. The first-order valence-corrected chi connectivity index (χ1v) is 5.27. The number of nitrogens with two attached hydrogens (primary N) is 1. The van der Waals surface area contributed by atoms with Gasteiger partial charge in [0, 0.05) is 10.4 Å². The highest BCUT2D eigenvalue weighted by molar-refractivity contribution is 7.79. The number of aromatic nitrogens is 1. The fourth-order valence-electron chi connectivity index (χ4n) is 0.681. The number of hydrogen-bond donors (Lipinski definition) is 1. The van der Waals surface area contributed by atoms with Crippen molar-refractivity contribution in [1.82, 2.24) is 4.98 Å². The van der Waals surface area contributed by atoms with Crippen LogP contribution in [0.1, 0.15) is 5.56 Å². The third kappa shape index (κ3) is 8.68. The maximum absolute atomic E-state index is 12.0. The summed E-state index contributed by atoms with van der Waals surface area (Å²) in [4.78, 5) is 3.39. The Morgan fingerprint density at radius 3 is 2.00 bits per heavy atom. The van der Waals surface area contributed by atoms with E-state index in [9.17, 15) is 13.2 Å². The SMILES string of the molecule is Nc1cc(C(F)(F)F)cc(Cl)n1.O=S(=O)([O-])[O-]. The zero-order chi connectivity index (χ0) is 13.9. The fraction of sp³-hybridized carbons (Fsp3) is 0.167. The summed E-state index contributed by atoms with van der Waals surface area (Å²) in [6, 6.07) is 1.45. The summed E-state index contributed by atoms with van der Waals surface area (Å²) >= 11 is 5.27. The van der Waals surface area contributed by atoms with Crippen LogP contribution < -0.4 is 5.73 Å². The molecule has 1 heterocycles. The van der Waals surface area contributed by atoms with E-state index in [1.165, 1.54) is 0 Å². The molecule has 0 unspecified atom stereocenters. The first-order chi connectivity index (χ1) is 7.39. The van der Waals surface area contributed by atoms with Crippen LogP contribution in [0.25, 0.3) is 0 Å². The van der Waals surface area contributed by atoms with E-state index in [-0.39, 0.29) is 11.0 Å². The molecule has 11 heteroatoms. The van der Waals surface area contributed by atoms with E-state index in [0.29, 0.717) is 0 Å². The third-order valence-corrected chi connectivity index (χ3v) is 1.33. The maximum atomic E-state index is 12.0. The summed E-state index contributed by atoms with van der Waals surface area (Å²) in [6.45, 7) is 0. The van der Waals surface area contributed by atoms with Crippen LogP contribution in [-0.2, 0) is 16.6 Å². The fourth-order valence-corrected chi connectivity index (χ4v) is 0.896. The first-order valence-electron chi connectivity index (χ1n) is 3.56. The predicted octanol–water partition coefficient (Wildman–Crippen LogP) is 0.998. The highest BCUT2D eigenvalue weighted by atomic mass is 35.5. The molecule has 2 N–H and O–H groups in total. The van der Waals surface area contributed by atoms with Gasteiger partial charge in [-0.15, -0.1) is 0 Å². The van der Waals surface area contributed by atoms with E-state index in [4.69, 9.17) is 34.9 Å². The van der Waals surface area contributed by atoms with E-state index < -0.39 is 22.1 Å².